The largest absolute Gasteiger partial charge is 0.498 e. The maximum Gasteiger partial charge on any atom is 0.498 e. The maximum absolute atomic E-state index is 12.0. The summed E-state index contributed by atoms with van der Waals surface area (Å²) >= 11 is 0. The first-order valence-electron chi connectivity index (χ1n) is 8.17. The number of esters is 1. The summed E-state index contributed by atoms with van der Waals surface area (Å²) in [6, 6.07) is 3.90. The number of imidazole rings is 1. The van der Waals surface area contributed by atoms with E-state index >= 15 is 0 Å². The third-order valence-electron chi connectivity index (χ3n) is 4.84. The van der Waals surface area contributed by atoms with Crippen LogP contribution in [0.3, 0.4) is 0 Å². The highest BCUT2D eigenvalue weighted by Crippen LogP contribution is 2.36. The van der Waals surface area contributed by atoms with E-state index in [1.54, 1.807) is 13.1 Å². The van der Waals surface area contributed by atoms with Crippen LogP contribution in [0.2, 0.25) is 0 Å². The smallest absolute Gasteiger partial charge is 0.461 e. The van der Waals surface area contributed by atoms with Crippen molar-refractivity contribution in [2.24, 2.45) is 0 Å². The van der Waals surface area contributed by atoms with Crippen molar-refractivity contribution in [2.75, 3.05) is 6.61 Å². The SMILES string of the molecule is CCOC(=O)c1cn2c(C)ccc(B3OC(C)(C)C(C)(C)O3)c2n1. The summed E-state index contributed by atoms with van der Waals surface area (Å²) in [6.07, 6.45) is 1.69. The highest BCUT2D eigenvalue weighted by Gasteiger charge is 2.52. The van der Waals surface area contributed by atoms with Gasteiger partial charge in [0.1, 0.15) is 5.65 Å². The minimum absolute atomic E-state index is 0.281. The second-order valence-corrected chi connectivity index (χ2v) is 7.06. The molecule has 1 aliphatic rings. The van der Waals surface area contributed by atoms with Crippen LogP contribution in [-0.4, -0.2) is 40.3 Å². The number of hydrogen-bond acceptors (Lipinski definition) is 5. The van der Waals surface area contributed by atoms with Gasteiger partial charge in [0.15, 0.2) is 5.69 Å². The van der Waals surface area contributed by atoms with Crippen molar-refractivity contribution in [1.82, 2.24) is 9.38 Å². The summed E-state index contributed by atoms with van der Waals surface area (Å²) in [7, 11) is -0.532. The van der Waals surface area contributed by atoms with E-state index in [2.05, 4.69) is 4.98 Å². The molecule has 7 heteroatoms. The molecule has 0 unspecified atom stereocenters. The van der Waals surface area contributed by atoms with Crippen LogP contribution < -0.4 is 5.46 Å². The predicted molar refractivity (Wildman–Crippen MR) is 91.6 cm³/mol. The maximum atomic E-state index is 12.0. The Bertz CT molecular complexity index is 781. The Hall–Kier alpha value is -1.86. The Labute approximate surface area is 142 Å². The number of pyridine rings is 1. The summed E-state index contributed by atoms with van der Waals surface area (Å²) in [5.74, 6) is -0.430. The van der Waals surface area contributed by atoms with Gasteiger partial charge in [-0.3, -0.25) is 0 Å². The summed E-state index contributed by atoms with van der Waals surface area (Å²) in [6.45, 7) is 12.1. The number of ether oxygens (including phenoxy) is 1. The van der Waals surface area contributed by atoms with E-state index in [0.29, 0.717) is 12.3 Å². The molecular formula is C17H23BN2O4. The normalized spacial score (nSPS) is 19.0. The number of carbonyl (C=O) groups is 1. The van der Waals surface area contributed by atoms with Gasteiger partial charge >= 0.3 is 13.1 Å². The molecule has 24 heavy (non-hydrogen) atoms. The second kappa shape index (κ2) is 5.60. The standard InChI is InChI=1S/C17H23BN2O4/c1-7-22-15(21)13-10-20-11(2)8-9-12(14(20)19-13)18-23-16(3,4)17(5,6)24-18/h8-10H,7H2,1-6H3. The molecule has 0 saturated carbocycles. The molecule has 0 bridgehead atoms. The molecule has 0 atom stereocenters. The summed E-state index contributed by atoms with van der Waals surface area (Å²) in [5.41, 5.74) is 1.83. The first kappa shape index (κ1) is 17.0. The number of hydrogen-bond donors (Lipinski definition) is 0. The van der Waals surface area contributed by atoms with Crippen molar-refractivity contribution in [2.45, 2.75) is 52.7 Å². The zero-order valence-corrected chi connectivity index (χ0v) is 15.0. The fourth-order valence-electron chi connectivity index (χ4n) is 2.68. The Morgan fingerprint density at radius 1 is 1.25 bits per heavy atom. The fourth-order valence-corrected chi connectivity index (χ4v) is 2.68. The Kier molecular flexibility index (Phi) is 3.96. The van der Waals surface area contributed by atoms with Crippen molar-refractivity contribution in [3.8, 4) is 0 Å². The average molecular weight is 330 g/mol. The lowest BCUT2D eigenvalue weighted by Crippen LogP contribution is -2.41. The molecule has 2 aromatic heterocycles. The van der Waals surface area contributed by atoms with Gasteiger partial charge in [-0.15, -0.1) is 0 Å². The van der Waals surface area contributed by atoms with E-state index in [-0.39, 0.29) is 5.69 Å². The fraction of sp³-hybridized carbons (Fsp3) is 0.529. The molecule has 0 radical (unpaired) electrons. The topological polar surface area (TPSA) is 62.1 Å². The number of carbonyl (C=O) groups excluding carboxylic acids is 1. The van der Waals surface area contributed by atoms with E-state index in [1.165, 1.54) is 0 Å². The molecular weight excluding hydrogens is 307 g/mol. The van der Waals surface area contributed by atoms with E-state index < -0.39 is 24.3 Å². The summed E-state index contributed by atoms with van der Waals surface area (Å²) < 4.78 is 19.2. The first-order valence-corrected chi connectivity index (χ1v) is 8.17. The van der Waals surface area contributed by atoms with Gasteiger partial charge in [-0.05, 0) is 47.6 Å². The third-order valence-corrected chi connectivity index (χ3v) is 4.84. The highest BCUT2D eigenvalue weighted by atomic mass is 16.7. The van der Waals surface area contributed by atoms with Crippen LogP contribution >= 0.6 is 0 Å². The van der Waals surface area contributed by atoms with Crippen LogP contribution in [-0.2, 0) is 14.0 Å². The predicted octanol–water partition coefficient (Wildman–Crippen LogP) is 2.12. The minimum atomic E-state index is -0.532. The number of rotatable bonds is 3. The Balaban J connectivity index is 2.07. The van der Waals surface area contributed by atoms with Gasteiger partial charge in [0.05, 0.1) is 17.8 Å². The summed E-state index contributed by atoms with van der Waals surface area (Å²) in [4.78, 5) is 16.5. The molecule has 0 spiro atoms. The molecule has 128 valence electrons. The molecule has 0 amide bonds. The lowest BCUT2D eigenvalue weighted by atomic mass is 9.79. The third kappa shape index (κ3) is 2.61. The second-order valence-electron chi connectivity index (χ2n) is 7.06. The zero-order valence-electron chi connectivity index (χ0n) is 15.0. The van der Waals surface area contributed by atoms with Crippen molar-refractivity contribution >= 4 is 24.2 Å². The Morgan fingerprint density at radius 3 is 2.46 bits per heavy atom. The van der Waals surface area contributed by atoms with Gasteiger partial charge in [-0.25, -0.2) is 9.78 Å². The average Bonchev–Trinajstić information content (AvgIpc) is 3.00. The number of fused-ring (bicyclic) bond motifs is 1. The monoisotopic (exact) mass is 330 g/mol. The van der Waals surface area contributed by atoms with E-state index in [9.17, 15) is 4.79 Å². The minimum Gasteiger partial charge on any atom is -0.461 e. The summed E-state index contributed by atoms with van der Waals surface area (Å²) in [5, 5.41) is 0. The van der Waals surface area contributed by atoms with E-state index in [4.69, 9.17) is 14.0 Å². The van der Waals surface area contributed by atoms with Crippen LogP contribution in [0.4, 0.5) is 0 Å². The molecule has 1 saturated heterocycles. The van der Waals surface area contributed by atoms with Gasteiger partial charge in [-0.1, -0.05) is 6.07 Å². The molecule has 0 N–H and O–H groups in total. The van der Waals surface area contributed by atoms with Crippen molar-refractivity contribution in [3.63, 3.8) is 0 Å². The molecule has 3 heterocycles. The van der Waals surface area contributed by atoms with E-state index in [1.807, 2.05) is 51.2 Å². The number of nitrogens with zero attached hydrogens (tertiary/aromatic N) is 2. The molecule has 1 aliphatic heterocycles. The van der Waals surface area contributed by atoms with Crippen LogP contribution in [0.5, 0.6) is 0 Å². The van der Waals surface area contributed by atoms with Gasteiger partial charge in [0, 0.05) is 17.4 Å². The van der Waals surface area contributed by atoms with Crippen molar-refractivity contribution in [1.29, 1.82) is 0 Å². The van der Waals surface area contributed by atoms with Gasteiger partial charge in [0.25, 0.3) is 0 Å². The quantitative estimate of drug-likeness (QED) is 0.637. The van der Waals surface area contributed by atoms with Crippen LogP contribution in [0, 0.1) is 6.92 Å². The van der Waals surface area contributed by atoms with Crippen LogP contribution in [0.15, 0.2) is 18.3 Å². The molecule has 0 aromatic carbocycles. The molecule has 2 aromatic rings. The molecule has 0 aliphatic carbocycles. The van der Waals surface area contributed by atoms with Crippen molar-refractivity contribution in [3.05, 3.63) is 29.7 Å². The zero-order chi connectivity index (χ0) is 17.7. The Morgan fingerprint density at radius 2 is 1.88 bits per heavy atom. The molecule has 6 nitrogen and oxygen atoms in total. The van der Waals surface area contributed by atoms with Crippen LogP contribution in [0.25, 0.3) is 5.65 Å². The lowest BCUT2D eigenvalue weighted by molar-refractivity contribution is 0.00578. The highest BCUT2D eigenvalue weighted by molar-refractivity contribution is 6.64. The van der Waals surface area contributed by atoms with Gasteiger partial charge in [-0.2, -0.15) is 0 Å². The molecule has 1 fully saturated rings. The lowest BCUT2D eigenvalue weighted by Gasteiger charge is -2.32. The van der Waals surface area contributed by atoms with E-state index in [0.717, 1.165) is 11.2 Å². The first-order chi connectivity index (χ1) is 11.2. The molecule has 3 rings (SSSR count). The number of aromatic nitrogens is 2. The van der Waals surface area contributed by atoms with Gasteiger partial charge in [0.2, 0.25) is 0 Å². The van der Waals surface area contributed by atoms with Crippen LogP contribution in [0.1, 0.15) is 50.8 Å². The number of aryl methyl sites for hydroxylation is 1. The van der Waals surface area contributed by atoms with Gasteiger partial charge < -0.3 is 18.4 Å². The van der Waals surface area contributed by atoms with Crippen molar-refractivity contribution < 1.29 is 18.8 Å².